The second kappa shape index (κ2) is 10.7. The molecule has 1 N–H and O–H groups in total. The number of carbonyl (C=O) groups is 1. The van der Waals surface area contributed by atoms with Gasteiger partial charge in [0, 0.05) is 10.6 Å². The number of anilines is 1. The second-order valence-electron chi connectivity index (χ2n) is 7.82. The van der Waals surface area contributed by atoms with E-state index in [1.165, 1.54) is 9.87 Å². The summed E-state index contributed by atoms with van der Waals surface area (Å²) in [5.41, 5.74) is 3.99. The van der Waals surface area contributed by atoms with Crippen molar-refractivity contribution in [3.8, 4) is 5.75 Å². The monoisotopic (exact) mass is 486 g/mol. The number of benzene rings is 3. The van der Waals surface area contributed by atoms with Crippen LogP contribution in [0.1, 0.15) is 27.0 Å². The lowest BCUT2D eigenvalue weighted by atomic mass is 10.1. The summed E-state index contributed by atoms with van der Waals surface area (Å²) in [6.45, 7) is 4.88. The van der Waals surface area contributed by atoms with Gasteiger partial charge in [0.2, 0.25) is 10.0 Å². The molecule has 0 heterocycles. The number of rotatable bonds is 9. The van der Waals surface area contributed by atoms with Gasteiger partial charge in [-0.25, -0.2) is 8.42 Å². The zero-order valence-corrected chi connectivity index (χ0v) is 20.4. The van der Waals surface area contributed by atoms with Gasteiger partial charge in [0.1, 0.15) is 12.4 Å². The van der Waals surface area contributed by atoms with Crippen LogP contribution in [0.3, 0.4) is 0 Å². The first-order valence-electron chi connectivity index (χ1n) is 10.4. The summed E-state index contributed by atoms with van der Waals surface area (Å²) in [4.78, 5) is 12.4. The number of ether oxygens (including phenoxy) is 1. The predicted molar refractivity (Wildman–Crippen MR) is 133 cm³/mol. The van der Waals surface area contributed by atoms with Crippen LogP contribution in [0.15, 0.2) is 66.7 Å². The third kappa shape index (κ3) is 6.97. The van der Waals surface area contributed by atoms with Crippen molar-refractivity contribution in [2.45, 2.75) is 20.4 Å². The molecule has 0 saturated carbocycles. The molecule has 0 atom stereocenters. The Morgan fingerprint density at radius 1 is 1.00 bits per heavy atom. The second-order valence-corrected chi connectivity index (χ2v) is 10.2. The Kier molecular flexibility index (Phi) is 8.00. The van der Waals surface area contributed by atoms with Crippen LogP contribution in [0.25, 0.3) is 0 Å². The molecule has 8 heteroatoms. The van der Waals surface area contributed by atoms with Gasteiger partial charge < -0.3 is 10.1 Å². The van der Waals surface area contributed by atoms with Crippen LogP contribution >= 0.6 is 11.6 Å². The smallest absolute Gasteiger partial charge is 0.251 e. The topological polar surface area (TPSA) is 75.7 Å². The molecule has 0 radical (unpaired) electrons. The maximum Gasteiger partial charge on any atom is 0.251 e. The largest absolute Gasteiger partial charge is 0.491 e. The molecule has 0 spiro atoms. The zero-order valence-electron chi connectivity index (χ0n) is 18.8. The van der Waals surface area contributed by atoms with E-state index in [1.807, 2.05) is 32.0 Å². The summed E-state index contributed by atoms with van der Waals surface area (Å²) in [5.74, 6) is 0.582. The molecule has 0 aromatic heterocycles. The number of amides is 1. The SMILES string of the molecule is Cc1ccc(OCCNC(=O)c2ccc(CN(c3ccc(Cl)cc3)S(C)(=O)=O)cc2)c(C)c1. The average Bonchev–Trinajstić information content (AvgIpc) is 2.76. The van der Waals surface area contributed by atoms with E-state index in [2.05, 4.69) is 5.32 Å². The summed E-state index contributed by atoms with van der Waals surface area (Å²) in [6.07, 6.45) is 1.16. The number of hydrogen-bond acceptors (Lipinski definition) is 4. The van der Waals surface area contributed by atoms with Crippen molar-refractivity contribution in [1.29, 1.82) is 0 Å². The van der Waals surface area contributed by atoms with Gasteiger partial charge in [0.25, 0.3) is 5.91 Å². The van der Waals surface area contributed by atoms with Crippen molar-refractivity contribution in [2.75, 3.05) is 23.7 Å². The van der Waals surface area contributed by atoms with Crippen LogP contribution < -0.4 is 14.4 Å². The Morgan fingerprint density at radius 2 is 1.67 bits per heavy atom. The summed E-state index contributed by atoms with van der Waals surface area (Å²) in [6, 6.07) is 19.4. The normalized spacial score (nSPS) is 11.2. The van der Waals surface area contributed by atoms with E-state index in [9.17, 15) is 13.2 Å². The molecular weight excluding hydrogens is 460 g/mol. The fraction of sp³-hybridized carbons (Fsp3) is 0.240. The molecule has 0 bridgehead atoms. The van der Waals surface area contributed by atoms with Crippen molar-refractivity contribution in [3.63, 3.8) is 0 Å². The highest BCUT2D eigenvalue weighted by molar-refractivity contribution is 7.92. The van der Waals surface area contributed by atoms with Crippen LogP contribution in [0.4, 0.5) is 5.69 Å². The minimum Gasteiger partial charge on any atom is -0.491 e. The lowest BCUT2D eigenvalue weighted by molar-refractivity contribution is 0.0947. The molecule has 174 valence electrons. The lowest BCUT2D eigenvalue weighted by Gasteiger charge is -2.22. The van der Waals surface area contributed by atoms with Crippen molar-refractivity contribution in [2.24, 2.45) is 0 Å². The third-order valence-corrected chi connectivity index (χ3v) is 6.43. The quantitative estimate of drug-likeness (QED) is 0.443. The number of halogens is 1. The van der Waals surface area contributed by atoms with Gasteiger partial charge in [-0.1, -0.05) is 41.4 Å². The number of carbonyl (C=O) groups excluding carboxylic acids is 1. The summed E-state index contributed by atoms with van der Waals surface area (Å²) in [5, 5.41) is 3.36. The maximum atomic E-state index is 12.4. The van der Waals surface area contributed by atoms with Gasteiger partial charge in [0.05, 0.1) is 25.0 Å². The van der Waals surface area contributed by atoms with E-state index in [-0.39, 0.29) is 12.5 Å². The molecule has 0 aliphatic carbocycles. The summed E-state index contributed by atoms with van der Waals surface area (Å²) < 4.78 is 31.6. The first kappa shape index (κ1) is 24.6. The summed E-state index contributed by atoms with van der Waals surface area (Å²) in [7, 11) is -3.50. The van der Waals surface area contributed by atoms with E-state index < -0.39 is 10.0 Å². The van der Waals surface area contributed by atoms with Crippen molar-refractivity contribution in [3.05, 3.63) is 94.0 Å². The maximum absolute atomic E-state index is 12.4. The first-order valence-corrected chi connectivity index (χ1v) is 12.7. The van der Waals surface area contributed by atoms with E-state index in [0.717, 1.165) is 23.1 Å². The molecule has 33 heavy (non-hydrogen) atoms. The Labute approximate surface area is 200 Å². The standard InChI is InChI=1S/C25H27ClN2O4S/c1-18-4-13-24(19(2)16-18)32-15-14-27-25(29)21-7-5-20(6-8-21)17-28(33(3,30)31)23-11-9-22(26)10-12-23/h4-13,16H,14-15,17H2,1-3H3,(H,27,29). The van der Waals surface area contributed by atoms with Gasteiger partial charge in [-0.05, 0) is 67.4 Å². The van der Waals surface area contributed by atoms with Gasteiger partial charge >= 0.3 is 0 Å². The highest BCUT2D eigenvalue weighted by Crippen LogP contribution is 2.23. The van der Waals surface area contributed by atoms with Gasteiger partial charge in [-0.3, -0.25) is 9.10 Å². The number of hydrogen-bond donors (Lipinski definition) is 1. The Hall–Kier alpha value is -3.03. The lowest BCUT2D eigenvalue weighted by Crippen LogP contribution is -2.29. The molecule has 3 rings (SSSR count). The minimum absolute atomic E-state index is 0.145. The Bertz CT molecular complexity index is 1210. The highest BCUT2D eigenvalue weighted by Gasteiger charge is 2.18. The van der Waals surface area contributed by atoms with Crippen LogP contribution in [-0.4, -0.2) is 33.7 Å². The van der Waals surface area contributed by atoms with Crippen molar-refractivity contribution < 1.29 is 17.9 Å². The molecular formula is C25H27ClN2O4S. The van der Waals surface area contributed by atoms with E-state index in [1.54, 1.807) is 48.5 Å². The molecule has 0 aliphatic heterocycles. The van der Waals surface area contributed by atoms with Crippen molar-refractivity contribution >= 4 is 33.2 Å². The Morgan fingerprint density at radius 3 is 2.27 bits per heavy atom. The molecule has 0 unspecified atom stereocenters. The van der Waals surface area contributed by atoms with Crippen LogP contribution in [0.5, 0.6) is 5.75 Å². The number of nitrogens with one attached hydrogen (secondary N) is 1. The van der Waals surface area contributed by atoms with Gasteiger partial charge in [0.15, 0.2) is 0 Å². The van der Waals surface area contributed by atoms with E-state index in [0.29, 0.717) is 29.4 Å². The average molecular weight is 487 g/mol. The molecule has 1 amide bonds. The fourth-order valence-electron chi connectivity index (χ4n) is 3.32. The molecule has 0 fully saturated rings. The van der Waals surface area contributed by atoms with Crippen LogP contribution in [-0.2, 0) is 16.6 Å². The van der Waals surface area contributed by atoms with Crippen LogP contribution in [0, 0.1) is 13.8 Å². The van der Waals surface area contributed by atoms with Gasteiger partial charge in [-0.2, -0.15) is 0 Å². The third-order valence-electron chi connectivity index (χ3n) is 5.03. The van der Waals surface area contributed by atoms with E-state index in [4.69, 9.17) is 16.3 Å². The van der Waals surface area contributed by atoms with Crippen molar-refractivity contribution in [1.82, 2.24) is 5.32 Å². The molecule has 0 aliphatic rings. The predicted octanol–water partition coefficient (Wildman–Crippen LogP) is 4.73. The molecule has 0 saturated heterocycles. The Balaban J connectivity index is 1.57. The minimum atomic E-state index is -3.50. The summed E-state index contributed by atoms with van der Waals surface area (Å²) >= 11 is 5.91. The molecule has 3 aromatic carbocycles. The van der Waals surface area contributed by atoms with E-state index >= 15 is 0 Å². The fourth-order valence-corrected chi connectivity index (χ4v) is 4.34. The number of aryl methyl sites for hydroxylation is 2. The highest BCUT2D eigenvalue weighted by atomic mass is 35.5. The number of nitrogens with zero attached hydrogens (tertiary/aromatic N) is 1. The first-order chi connectivity index (χ1) is 15.6. The van der Waals surface area contributed by atoms with Gasteiger partial charge in [-0.15, -0.1) is 0 Å². The van der Waals surface area contributed by atoms with Crippen LogP contribution in [0.2, 0.25) is 5.02 Å². The number of sulfonamides is 1. The molecule has 6 nitrogen and oxygen atoms in total. The molecule has 3 aromatic rings. The zero-order chi connectivity index (χ0) is 24.0.